The van der Waals surface area contributed by atoms with Gasteiger partial charge in [0.1, 0.15) is 18.4 Å². The monoisotopic (exact) mass is 399 g/mol. The minimum Gasteiger partial charge on any atom is -0.477 e. The van der Waals surface area contributed by atoms with Gasteiger partial charge in [0.25, 0.3) is 5.91 Å². The number of carbonyl (C=O) groups excluding carboxylic acids is 1. The predicted molar refractivity (Wildman–Crippen MR) is 102 cm³/mol. The minimum atomic E-state index is -0.879. The Bertz CT molecular complexity index is 688. The largest absolute Gasteiger partial charge is 0.477 e. The van der Waals surface area contributed by atoms with Gasteiger partial charge in [-0.05, 0) is 44.3 Å². The Balaban J connectivity index is 0.00000243. The number of hydrogen-bond acceptors (Lipinski definition) is 5. The van der Waals surface area contributed by atoms with E-state index in [-0.39, 0.29) is 24.4 Å². The molecule has 0 bridgehead atoms. The van der Waals surface area contributed by atoms with Crippen LogP contribution in [0.3, 0.4) is 0 Å². The summed E-state index contributed by atoms with van der Waals surface area (Å²) in [5, 5.41) is 11.0. The van der Waals surface area contributed by atoms with Crippen LogP contribution in [0.2, 0.25) is 5.02 Å². The third-order valence-electron chi connectivity index (χ3n) is 4.26. The van der Waals surface area contributed by atoms with E-state index in [1.54, 1.807) is 35.3 Å². The molecule has 3 rings (SSSR count). The van der Waals surface area contributed by atoms with Crippen LogP contribution in [-0.2, 0) is 11.3 Å². The number of aromatic nitrogens is 3. The van der Waals surface area contributed by atoms with E-state index >= 15 is 0 Å². The molecule has 1 saturated heterocycles. The summed E-state index contributed by atoms with van der Waals surface area (Å²) in [7, 11) is 0. The molecule has 2 heterocycles. The molecule has 0 spiro atoms. The summed E-state index contributed by atoms with van der Waals surface area (Å²) in [4.78, 5) is 16.9. The van der Waals surface area contributed by atoms with Gasteiger partial charge >= 0.3 is 0 Å². The maximum Gasteiger partial charge on any atom is 0.264 e. The maximum absolute atomic E-state index is 13.0. The van der Waals surface area contributed by atoms with Crippen LogP contribution >= 0.6 is 24.0 Å². The minimum absolute atomic E-state index is 0. The molecule has 0 aliphatic carbocycles. The van der Waals surface area contributed by atoms with Crippen molar-refractivity contribution in [2.24, 2.45) is 0 Å². The molecule has 1 amide bonds. The first-order valence-corrected chi connectivity index (χ1v) is 8.74. The molecule has 2 N–H and O–H groups in total. The first-order valence-electron chi connectivity index (χ1n) is 8.36. The molecule has 1 aromatic carbocycles. The van der Waals surface area contributed by atoms with Crippen LogP contribution in [0.15, 0.2) is 36.9 Å². The summed E-state index contributed by atoms with van der Waals surface area (Å²) in [6.45, 7) is 3.97. The van der Waals surface area contributed by atoms with Crippen molar-refractivity contribution in [1.82, 2.24) is 25.4 Å². The lowest BCUT2D eigenvalue weighted by atomic mass is 9.90. The highest BCUT2D eigenvalue weighted by Gasteiger charge is 2.42. The third-order valence-corrected chi connectivity index (χ3v) is 4.51. The Morgan fingerprint density at radius 2 is 2.08 bits per heavy atom. The van der Waals surface area contributed by atoms with Crippen molar-refractivity contribution >= 4 is 29.9 Å². The molecule has 1 fully saturated rings. The molecule has 1 aliphatic rings. The van der Waals surface area contributed by atoms with Crippen molar-refractivity contribution in [2.75, 3.05) is 13.1 Å². The molecule has 1 aliphatic heterocycles. The Morgan fingerprint density at radius 3 is 2.69 bits per heavy atom. The van der Waals surface area contributed by atoms with Crippen molar-refractivity contribution in [2.45, 2.75) is 38.0 Å². The molecule has 26 heavy (non-hydrogen) atoms. The second-order valence-corrected chi connectivity index (χ2v) is 6.73. The van der Waals surface area contributed by atoms with Gasteiger partial charge in [0.05, 0.1) is 6.54 Å². The lowest BCUT2D eigenvalue weighted by molar-refractivity contribution is -0.140. The van der Waals surface area contributed by atoms with E-state index in [2.05, 4.69) is 20.7 Å². The lowest BCUT2D eigenvalue weighted by Crippen LogP contribution is -2.58. The number of halogens is 2. The van der Waals surface area contributed by atoms with Crippen molar-refractivity contribution in [1.29, 1.82) is 0 Å². The van der Waals surface area contributed by atoms with Gasteiger partial charge in [-0.2, -0.15) is 5.10 Å². The van der Waals surface area contributed by atoms with Gasteiger partial charge in [0.15, 0.2) is 5.60 Å². The van der Waals surface area contributed by atoms with E-state index in [4.69, 9.17) is 16.3 Å². The zero-order valence-corrected chi connectivity index (χ0v) is 16.1. The van der Waals surface area contributed by atoms with Gasteiger partial charge in [-0.25, -0.2) is 4.98 Å². The van der Waals surface area contributed by atoms with E-state index in [1.807, 2.05) is 6.92 Å². The summed E-state index contributed by atoms with van der Waals surface area (Å²) in [5.41, 5.74) is -0.879. The van der Waals surface area contributed by atoms with Crippen LogP contribution in [0.4, 0.5) is 0 Å². The van der Waals surface area contributed by atoms with Gasteiger partial charge in [0.2, 0.25) is 0 Å². The normalized spacial score (nSPS) is 17.0. The van der Waals surface area contributed by atoms with Crippen LogP contribution in [0.5, 0.6) is 5.75 Å². The Labute approximate surface area is 163 Å². The number of hydrogen-bond donors (Lipinski definition) is 2. The van der Waals surface area contributed by atoms with E-state index in [9.17, 15) is 4.79 Å². The summed E-state index contributed by atoms with van der Waals surface area (Å²) < 4.78 is 7.84. The Kier molecular flexibility index (Phi) is 7.25. The number of nitrogens with one attached hydrogen (secondary N) is 2. The Morgan fingerprint density at radius 1 is 1.38 bits per heavy atom. The third kappa shape index (κ3) is 5.09. The highest BCUT2D eigenvalue weighted by atomic mass is 35.5. The van der Waals surface area contributed by atoms with Crippen LogP contribution in [0.25, 0.3) is 0 Å². The van der Waals surface area contributed by atoms with Crippen LogP contribution in [-0.4, -0.2) is 45.4 Å². The van der Waals surface area contributed by atoms with Gasteiger partial charge in [-0.3, -0.25) is 9.48 Å². The standard InChI is InChI=1S/C17H22ClN5O2.ClH/c1-13(10-23-12-20-11-21-23)22-16(24)17(6-8-19-9-7-17)25-15-4-2-14(18)3-5-15;/h2-5,11-13,19H,6-10H2,1H3,(H,22,24);1H. The molecule has 1 atom stereocenters. The fourth-order valence-electron chi connectivity index (χ4n) is 2.94. The number of rotatable bonds is 6. The van der Waals surface area contributed by atoms with Crippen molar-refractivity contribution in [3.05, 3.63) is 41.9 Å². The SMILES string of the molecule is CC(Cn1cncn1)NC(=O)C1(Oc2ccc(Cl)cc2)CCNCC1.Cl. The molecule has 9 heteroatoms. The zero-order chi connectivity index (χ0) is 17.7. The van der Waals surface area contributed by atoms with Gasteiger partial charge < -0.3 is 15.4 Å². The molecule has 0 saturated carbocycles. The fourth-order valence-corrected chi connectivity index (χ4v) is 3.07. The highest BCUT2D eigenvalue weighted by molar-refractivity contribution is 6.30. The topological polar surface area (TPSA) is 81.1 Å². The zero-order valence-electron chi connectivity index (χ0n) is 14.5. The molecule has 2 aromatic rings. The van der Waals surface area contributed by atoms with Crippen LogP contribution < -0.4 is 15.4 Å². The van der Waals surface area contributed by atoms with E-state index in [0.717, 1.165) is 13.1 Å². The number of carbonyl (C=O) groups is 1. The Hall–Kier alpha value is -1.83. The number of ether oxygens (including phenoxy) is 1. The molecule has 7 nitrogen and oxygen atoms in total. The number of nitrogens with zero attached hydrogens (tertiary/aromatic N) is 3. The maximum atomic E-state index is 13.0. The quantitative estimate of drug-likeness (QED) is 0.776. The predicted octanol–water partition coefficient (Wildman–Crippen LogP) is 2.06. The summed E-state index contributed by atoms with van der Waals surface area (Å²) in [6.07, 6.45) is 4.33. The molecule has 142 valence electrons. The number of benzene rings is 1. The summed E-state index contributed by atoms with van der Waals surface area (Å²) in [6, 6.07) is 7.01. The molecule has 1 aromatic heterocycles. The van der Waals surface area contributed by atoms with E-state index in [1.165, 1.54) is 6.33 Å². The molecule has 0 radical (unpaired) electrons. The van der Waals surface area contributed by atoms with Crippen molar-refractivity contribution < 1.29 is 9.53 Å². The van der Waals surface area contributed by atoms with E-state index in [0.29, 0.717) is 30.2 Å². The lowest BCUT2D eigenvalue weighted by Gasteiger charge is -2.37. The van der Waals surface area contributed by atoms with Crippen molar-refractivity contribution in [3.8, 4) is 5.75 Å². The smallest absolute Gasteiger partial charge is 0.264 e. The van der Waals surface area contributed by atoms with E-state index < -0.39 is 5.60 Å². The molecular formula is C17H23Cl2N5O2. The van der Waals surface area contributed by atoms with Gasteiger partial charge in [-0.15, -0.1) is 12.4 Å². The second kappa shape index (κ2) is 9.21. The first kappa shape index (κ1) is 20.5. The van der Waals surface area contributed by atoms with Crippen LogP contribution in [0.1, 0.15) is 19.8 Å². The first-order chi connectivity index (χ1) is 12.1. The fraction of sp³-hybridized carbons (Fsp3) is 0.471. The summed E-state index contributed by atoms with van der Waals surface area (Å²) >= 11 is 5.93. The van der Waals surface area contributed by atoms with Gasteiger partial charge in [-0.1, -0.05) is 11.6 Å². The average molecular weight is 400 g/mol. The highest BCUT2D eigenvalue weighted by Crippen LogP contribution is 2.28. The number of piperidine rings is 1. The second-order valence-electron chi connectivity index (χ2n) is 6.29. The average Bonchev–Trinajstić information content (AvgIpc) is 3.10. The van der Waals surface area contributed by atoms with Crippen LogP contribution in [0, 0.1) is 0 Å². The van der Waals surface area contributed by atoms with Gasteiger partial charge in [0, 0.05) is 23.9 Å². The summed E-state index contributed by atoms with van der Waals surface area (Å²) in [5.74, 6) is 0.543. The molecular weight excluding hydrogens is 377 g/mol. The van der Waals surface area contributed by atoms with Crippen molar-refractivity contribution in [3.63, 3.8) is 0 Å². The number of amides is 1. The molecule has 1 unspecified atom stereocenters.